The summed E-state index contributed by atoms with van der Waals surface area (Å²) >= 11 is 0. The lowest BCUT2D eigenvalue weighted by Gasteiger charge is -2.14. The molecule has 0 spiro atoms. The highest BCUT2D eigenvalue weighted by atomic mass is 32.2. The summed E-state index contributed by atoms with van der Waals surface area (Å²) in [7, 11) is -4.11. The van der Waals surface area contributed by atoms with E-state index in [0.717, 1.165) is 0 Å². The van der Waals surface area contributed by atoms with Gasteiger partial charge in [0.15, 0.2) is 0 Å². The molecule has 1 aliphatic heterocycles. The van der Waals surface area contributed by atoms with Crippen LogP contribution in [0.15, 0.2) is 18.2 Å². The summed E-state index contributed by atoms with van der Waals surface area (Å²) < 4.78 is 31.0. The molecule has 1 aromatic heterocycles. The highest BCUT2D eigenvalue weighted by molar-refractivity contribution is 7.90. The predicted molar refractivity (Wildman–Crippen MR) is 66.2 cm³/mol. The molecule has 0 aliphatic carbocycles. The Morgan fingerprint density at radius 3 is 2.85 bits per heavy atom. The Morgan fingerprint density at radius 1 is 1.50 bits per heavy atom. The van der Waals surface area contributed by atoms with Crippen LogP contribution in [0.3, 0.4) is 0 Å². The van der Waals surface area contributed by atoms with E-state index in [-0.39, 0.29) is 31.1 Å². The number of cyclic esters (lactones) is 1. The van der Waals surface area contributed by atoms with E-state index in [1.54, 1.807) is 0 Å². The molecule has 2 N–H and O–H groups in total. The van der Waals surface area contributed by atoms with E-state index in [1.807, 2.05) is 0 Å². The molecular weight excluding hydrogens is 290 g/mol. The summed E-state index contributed by atoms with van der Waals surface area (Å²) in [6.07, 6.45) is -1.29. The van der Waals surface area contributed by atoms with Gasteiger partial charge in [0.1, 0.15) is 12.4 Å². The molecule has 0 atom stereocenters. The fourth-order valence-electron chi connectivity index (χ4n) is 1.57. The molecule has 0 radical (unpaired) electrons. The first kappa shape index (κ1) is 14.1. The number of carbonyl (C=O) groups is 2. The second kappa shape index (κ2) is 5.33. The number of aromatic nitrogens is 1. The molecule has 1 saturated heterocycles. The molecule has 1 fully saturated rings. The minimum absolute atomic E-state index is 0.00771. The molecule has 9 nitrogen and oxygen atoms in total. The monoisotopic (exact) mass is 301 g/mol. The summed E-state index contributed by atoms with van der Waals surface area (Å²) in [6.45, 7) is -0.0881. The highest BCUT2D eigenvalue weighted by Crippen LogP contribution is 2.14. The van der Waals surface area contributed by atoms with E-state index < -0.39 is 22.3 Å². The number of anilines is 1. The number of hydrogen-bond donors (Lipinski definition) is 2. The highest BCUT2D eigenvalue weighted by Gasteiger charge is 2.33. The molecule has 1 aromatic rings. The standard InChI is InChI=1S/C10H11N3O6S/c14-9(15)6-7-2-1-3-8(11-7)12-20(17,18)13-4-5-19-10(13)16/h1-3H,4-6H2,(H,11,12)(H,14,15). The number of carboxylic acid groups (broad SMARTS) is 1. The summed E-state index contributed by atoms with van der Waals surface area (Å²) in [5, 5.41) is 8.65. The van der Waals surface area contributed by atoms with Gasteiger partial charge in [0.25, 0.3) is 0 Å². The van der Waals surface area contributed by atoms with Crippen molar-refractivity contribution in [2.75, 3.05) is 17.9 Å². The third-order valence-electron chi connectivity index (χ3n) is 2.39. The van der Waals surface area contributed by atoms with Crippen LogP contribution in [0.5, 0.6) is 0 Å². The van der Waals surface area contributed by atoms with Gasteiger partial charge in [-0.05, 0) is 12.1 Å². The Labute approximate surface area is 114 Å². The third-order valence-corrected chi connectivity index (χ3v) is 3.77. The maximum atomic E-state index is 11.9. The average molecular weight is 301 g/mol. The van der Waals surface area contributed by atoms with Gasteiger partial charge in [-0.15, -0.1) is 0 Å². The van der Waals surface area contributed by atoms with Crippen molar-refractivity contribution in [3.05, 3.63) is 23.9 Å². The van der Waals surface area contributed by atoms with Crippen LogP contribution in [0.4, 0.5) is 10.6 Å². The fourth-order valence-corrected chi connectivity index (χ4v) is 2.63. The zero-order chi connectivity index (χ0) is 14.8. The van der Waals surface area contributed by atoms with Gasteiger partial charge in [-0.25, -0.2) is 14.5 Å². The second-order valence-electron chi connectivity index (χ2n) is 3.88. The van der Waals surface area contributed by atoms with Crippen molar-refractivity contribution in [2.24, 2.45) is 0 Å². The maximum absolute atomic E-state index is 11.9. The van der Waals surface area contributed by atoms with Crippen molar-refractivity contribution >= 4 is 28.1 Å². The number of carboxylic acids is 1. The molecule has 2 heterocycles. The first-order valence-electron chi connectivity index (χ1n) is 5.53. The Hall–Kier alpha value is -2.36. The lowest BCUT2D eigenvalue weighted by atomic mass is 10.3. The molecule has 0 saturated carbocycles. The van der Waals surface area contributed by atoms with E-state index in [0.29, 0.717) is 4.31 Å². The van der Waals surface area contributed by atoms with Gasteiger partial charge < -0.3 is 9.84 Å². The SMILES string of the molecule is O=C(O)Cc1cccc(NS(=O)(=O)N2CCOC2=O)n1. The number of nitrogens with one attached hydrogen (secondary N) is 1. The van der Waals surface area contributed by atoms with Crippen LogP contribution in [0.2, 0.25) is 0 Å². The van der Waals surface area contributed by atoms with Crippen LogP contribution in [-0.2, 0) is 26.2 Å². The van der Waals surface area contributed by atoms with Gasteiger partial charge in [-0.2, -0.15) is 12.7 Å². The Bertz CT molecular complexity index is 644. The topological polar surface area (TPSA) is 126 Å². The van der Waals surface area contributed by atoms with Crippen LogP contribution < -0.4 is 4.72 Å². The molecule has 0 unspecified atom stereocenters. The number of amides is 1. The molecule has 0 aromatic carbocycles. The van der Waals surface area contributed by atoms with Crippen LogP contribution in [-0.4, -0.2) is 48.0 Å². The lowest BCUT2D eigenvalue weighted by Crippen LogP contribution is -2.36. The zero-order valence-electron chi connectivity index (χ0n) is 10.1. The largest absolute Gasteiger partial charge is 0.481 e. The van der Waals surface area contributed by atoms with E-state index in [9.17, 15) is 18.0 Å². The Balaban J connectivity index is 2.17. The molecular formula is C10H11N3O6S. The van der Waals surface area contributed by atoms with Crippen molar-refractivity contribution < 1.29 is 27.9 Å². The molecule has 1 amide bonds. The van der Waals surface area contributed by atoms with E-state index in [2.05, 4.69) is 14.4 Å². The van der Waals surface area contributed by atoms with Gasteiger partial charge in [0.05, 0.1) is 18.7 Å². The minimum Gasteiger partial charge on any atom is -0.481 e. The molecule has 1 aliphatic rings. The molecule has 108 valence electrons. The number of carbonyl (C=O) groups excluding carboxylic acids is 1. The normalized spacial score (nSPS) is 15.0. The quantitative estimate of drug-likeness (QED) is 0.772. The number of pyridine rings is 1. The van der Waals surface area contributed by atoms with E-state index in [1.165, 1.54) is 18.2 Å². The first-order chi connectivity index (χ1) is 9.38. The average Bonchev–Trinajstić information content (AvgIpc) is 2.75. The van der Waals surface area contributed by atoms with Gasteiger partial charge in [0.2, 0.25) is 0 Å². The van der Waals surface area contributed by atoms with Crippen LogP contribution in [0, 0.1) is 0 Å². The second-order valence-corrected chi connectivity index (χ2v) is 5.47. The van der Waals surface area contributed by atoms with E-state index >= 15 is 0 Å². The van der Waals surface area contributed by atoms with E-state index in [4.69, 9.17) is 5.11 Å². The van der Waals surface area contributed by atoms with Crippen LogP contribution in [0.25, 0.3) is 0 Å². The van der Waals surface area contributed by atoms with Gasteiger partial charge >= 0.3 is 22.3 Å². The Morgan fingerprint density at radius 2 is 2.25 bits per heavy atom. The molecule has 10 heteroatoms. The van der Waals surface area contributed by atoms with Crippen molar-refractivity contribution in [3.8, 4) is 0 Å². The molecule has 20 heavy (non-hydrogen) atoms. The van der Waals surface area contributed by atoms with Gasteiger partial charge in [-0.1, -0.05) is 6.07 Å². The van der Waals surface area contributed by atoms with Gasteiger partial charge in [-0.3, -0.25) is 4.79 Å². The summed E-state index contributed by atoms with van der Waals surface area (Å²) in [6, 6.07) is 4.27. The van der Waals surface area contributed by atoms with Gasteiger partial charge in [0, 0.05) is 0 Å². The predicted octanol–water partition coefficient (Wildman–Crippen LogP) is -0.182. The van der Waals surface area contributed by atoms with Crippen molar-refractivity contribution in [1.29, 1.82) is 0 Å². The summed E-state index contributed by atoms with van der Waals surface area (Å²) in [5.74, 6) is -1.15. The Kier molecular flexibility index (Phi) is 3.74. The third kappa shape index (κ3) is 3.15. The van der Waals surface area contributed by atoms with Crippen molar-refractivity contribution in [3.63, 3.8) is 0 Å². The van der Waals surface area contributed by atoms with Crippen LogP contribution >= 0.6 is 0 Å². The van der Waals surface area contributed by atoms with Crippen molar-refractivity contribution in [1.82, 2.24) is 9.29 Å². The number of aliphatic carboxylic acids is 1. The fraction of sp³-hybridized carbons (Fsp3) is 0.300. The first-order valence-corrected chi connectivity index (χ1v) is 6.97. The summed E-state index contributed by atoms with van der Waals surface area (Å²) in [5.41, 5.74) is 0.196. The molecule has 0 bridgehead atoms. The number of ether oxygens (including phenoxy) is 1. The summed E-state index contributed by atoms with van der Waals surface area (Å²) in [4.78, 5) is 25.6. The number of nitrogens with zero attached hydrogens (tertiary/aromatic N) is 2. The molecule has 2 rings (SSSR count). The number of rotatable bonds is 5. The lowest BCUT2D eigenvalue weighted by molar-refractivity contribution is -0.136. The maximum Gasteiger partial charge on any atom is 0.425 e. The zero-order valence-corrected chi connectivity index (χ0v) is 11.0. The number of hydrogen-bond acceptors (Lipinski definition) is 6. The minimum atomic E-state index is -4.11. The van der Waals surface area contributed by atoms with Crippen molar-refractivity contribution in [2.45, 2.75) is 6.42 Å². The van der Waals surface area contributed by atoms with Crippen LogP contribution in [0.1, 0.15) is 5.69 Å². The smallest absolute Gasteiger partial charge is 0.425 e.